The Bertz CT molecular complexity index is 141. The van der Waals surface area contributed by atoms with E-state index in [1.165, 1.54) is 6.42 Å². The Morgan fingerprint density at radius 3 is 2.27 bits per heavy atom. The second-order valence-corrected chi connectivity index (χ2v) is 5.20. The SMILES string of the molecule is CC(C)OCCNCCCNC(C)(C)C. The van der Waals surface area contributed by atoms with Crippen molar-refractivity contribution in [3.63, 3.8) is 0 Å². The number of nitrogens with one attached hydrogen (secondary N) is 2. The summed E-state index contributed by atoms with van der Waals surface area (Å²) in [5.41, 5.74) is 0.237. The Morgan fingerprint density at radius 1 is 1.07 bits per heavy atom. The van der Waals surface area contributed by atoms with Crippen LogP contribution in [0.1, 0.15) is 41.0 Å². The number of hydrogen-bond acceptors (Lipinski definition) is 3. The zero-order valence-corrected chi connectivity index (χ0v) is 11.0. The summed E-state index contributed by atoms with van der Waals surface area (Å²) >= 11 is 0. The maximum absolute atomic E-state index is 5.42. The molecule has 15 heavy (non-hydrogen) atoms. The third-order valence-electron chi connectivity index (χ3n) is 1.92. The summed E-state index contributed by atoms with van der Waals surface area (Å²) in [6.07, 6.45) is 1.51. The number of ether oxygens (including phenoxy) is 1. The molecule has 0 aliphatic carbocycles. The molecule has 0 aromatic carbocycles. The van der Waals surface area contributed by atoms with Gasteiger partial charge in [-0.05, 0) is 54.1 Å². The van der Waals surface area contributed by atoms with Gasteiger partial charge in [-0.3, -0.25) is 0 Å². The van der Waals surface area contributed by atoms with Gasteiger partial charge in [0.05, 0.1) is 12.7 Å². The molecule has 0 spiro atoms. The Kier molecular flexibility index (Phi) is 8.02. The molecule has 0 saturated heterocycles. The first-order valence-corrected chi connectivity index (χ1v) is 5.99. The quantitative estimate of drug-likeness (QED) is 0.607. The van der Waals surface area contributed by atoms with Gasteiger partial charge in [-0.25, -0.2) is 0 Å². The van der Waals surface area contributed by atoms with E-state index in [4.69, 9.17) is 4.74 Å². The van der Waals surface area contributed by atoms with E-state index in [1.807, 2.05) is 0 Å². The van der Waals surface area contributed by atoms with E-state index in [9.17, 15) is 0 Å². The predicted molar refractivity (Wildman–Crippen MR) is 66.3 cm³/mol. The Hall–Kier alpha value is -0.120. The van der Waals surface area contributed by atoms with Gasteiger partial charge in [-0.15, -0.1) is 0 Å². The van der Waals surface area contributed by atoms with Crippen LogP contribution in [0.15, 0.2) is 0 Å². The second-order valence-electron chi connectivity index (χ2n) is 5.20. The summed E-state index contributed by atoms with van der Waals surface area (Å²) in [4.78, 5) is 0. The lowest BCUT2D eigenvalue weighted by Gasteiger charge is -2.20. The molecule has 92 valence electrons. The molecule has 0 rings (SSSR count). The monoisotopic (exact) mass is 216 g/mol. The number of hydrogen-bond donors (Lipinski definition) is 2. The van der Waals surface area contributed by atoms with Gasteiger partial charge in [0.15, 0.2) is 0 Å². The van der Waals surface area contributed by atoms with E-state index in [0.29, 0.717) is 6.10 Å². The maximum atomic E-state index is 5.42. The summed E-state index contributed by atoms with van der Waals surface area (Å²) in [6, 6.07) is 0. The van der Waals surface area contributed by atoms with Crippen molar-refractivity contribution >= 4 is 0 Å². The first-order valence-electron chi connectivity index (χ1n) is 5.99. The molecule has 0 radical (unpaired) electrons. The Labute approximate surface area is 95.0 Å². The molecule has 0 aliphatic heterocycles. The fourth-order valence-corrected chi connectivity index (χ4v) is 1.17. The molecule has 2 N–H and O–H groups in total. The van der Waals surface area contributed by atoms with E-state index in [0.717, 1.165) is 26.2 Å². The molecule has 0 aliphatic rings. The van der Waals surface area contributed by atoms with Crippen LogP contribution in [0.3, 0.4) is 0 Å². The van der Waals surface area contributed by atoms with Crippen LogP contribution in [0.4, 0.5) is 0 Å². The van der Waals surface area contributed by atoms with Gasteiger partial charge in [-0.2, -0.15) is 0 Å². The Morgan fingerprint density at radius 2 is 1.73 bits per heavy atom. The third-order valence-corrected chi connectivity index (χ3v) is 1.92. The van der Waals surface area contributed by atoms with E-state index in [2.05, 4.69) is 45.3 Å². The topological polar surface area (TPSA) is 33.3 Å². The lowest BCUT2D eigenvalue weighted by molar-refractivity contribution is 0.0809. The molecule has 3 nitrogen and oxygen atoms in total. The highest BCUT2D eigenvalue weighted by atomic mass is 16.5. The largest absolute Gasteiger partial charge is 0.377 e. The normalized spacial score (nSPS) is 12.4. The molecule has 0 bridgehead atoms. The lowest BCUT2D eigenvalue weighted by Crippen LogP contribution is -2.37. The van der Waals surface area contributed by atoms with Gasteiger partial charge < -0.3 is 15.4 Å². The van der Waals surface area contributed by atoms with Gasteiger partial charge in [0.2, 0.25) is 0 Å². The van der Waals surface area contributed by atoms with Crippen LogP contribution in [-0.2, 0) is 4.74 Å². The molecule has 0 aromatic heterocycles. The van der Waals surface area contributed by atoms with Gasteiger partial charge in [-0.1, -0.05) is 0 Å². The van der Waals surface area contributed by atoms with Crippen molar-refractivity contribution in [2.24, 2.45) is 0 Å². The summed E-state index contributed by atoms with van der Waals surface area (Å²) in [6.45, 7) is 14.6. The highest BCUT2D eigenvalue weighted by Gasteiger charge is 2.06. The zero-order chi connectivity index (χ0) is 11.7. The molecule has 3 heteroatoms. The summed E-state index contributed by atoms with van der Waals surface area (Å²) in [7, 11) is 0. The summed E-state index contributed by atoms with van der Waals surface area (Å²) in [5, 5.41) is 6.82. The smallest absolute Gasteiger partial charge is 0.0594 e. The minimum absolute atomic E-state index is 0.237. The summed E-state index contributed by atoms with van der Waals surface area (Å²) < 4.78 is 5.42. The summed E-state index contributed by atoms with van der Waals surface area (Å²) in [5.74, 6) is 0. The minimum Gasteiger partial charge on any atom is -0.377 e. The maximum Gasteiger partial charge on any atom is 0.0594 e. The molecular formula is C12H28N2O. The van der Waals surface area contributed by atoms with Crippen LogP contribution in [0.5, 0.6) is 0 Å². The van der Waals surface area contributed by atoms with Crippen molar-refractivity contribution in [1.29, 1.82) is 0 Å². The van der Waals surface area contributed by atoms with E-state index in [1.54, 1.807) is 0 Å². The molecule has 0 fully saturated rings. The van der Waals surface area contributed by atoms with Crippen LogP contribution < -0.4 is 10.6 Å². The zero-order valence-electron chi connectivity index (χ0n) is 11.0. The molecule has 0 amide bonds. The van der Waals surface area contributed by atoms with Crippen molar-refractivity contribution in [2.75, 3.05) is 26.2 Å². The van der Waals surface area contributed by atoms with Crippen LogP contribution in [0, 0.1) is 0 Å². The highest BCUT2D eigenvalue weighted by molar-refractivity contribution is 4.69. The predicted octanol–water partition coefficient (Wildman–Crippen LogP) is 1.78. The molecule has 0 heterocycles. The number of rotatable bonds is 8. The first kappa shape index (κ1) is 14.9. The molecule has 0 aromatic rings. The average molecular weight is 216 g/mol. The van der Waals surface area contributed by atoms with Crippen molar-refractivity contribution in [3.05, 3.63) is 0 Å². The van der Waals surface area contributed by atoms with Crippen molar-refractivity contribution in [2.45, 2.75) is 52.7 Å². The third kappa shape index (κ3) is 13.9. The van der Waals surface area contributed by atoms with Crippen molar-refractivity contribution in [3.8, 4) is 0 Å². The van der Waals surface area contributed by atoms with Crippen molar-refractivity contribution < 1.29 is 4.74 Å². The second kappa shape index (κ2) is 8.08. The first-order chi connectivity index (χ1) is 6.92. The Balaban J connectivity index is 3.06. The van der Waals surface area contributed by atoms with Crippen LogP contribution in [0.2, 0.25) is 0 Å². The van der Waals surface area contributed by atoms with E-state index >= 15 is 0 Å². The standard InChI is InChI=1S/C12H28N2O/c1-11(2)15-10-9-13-7-6-8-14-12(3,4)5/h11,13-14H,6-10H2,1-5H3. The lowest BCUT2D eigenvalue weighted by atomic mass is 10.1. The molecule has 0 atom stereocenters. The van der Waals surface area contributed by atoms with E-state index in [-0.39, 0.29) is 5.54 Å². The molecule has 0 unspecified atom stereocenters. The fraction of sp³-hybridized carbons (Fsp3) is 1.00. The van der Waals surface area contributed by atoms with E-state index < -0.39 is 0 Å². The van der Waals surface area contributed by atoms with Gasteiger partial charge in [0.25, 0.3) is 0 Å². The highest BCUT2D eigenvalue weighted by Crippen LogP contribution is 1.97. The van der Waals surface area contributed by atoms with Gasteiger partial charge >= 0.3 is 0 Å². The fourth-order valence-electron chi connectivity index (χ4n) is 1.17. The molecular weight excluding hydrogens is 188 g/mol. The average Bonchev–Trinajstić information content (AvgIpc) is 2.07. The minimum atomic E-state index is 0.237. The van der Waals surface area contributed by atoms with Crippen molar-refractivity contribution in [1.82, 2.24) is 10.6 Å². The van der Waals surface area contributed by atoms with Gasteiger partial charge in [0.1, 0.15) is 0 Å². The van der Waals surface area contributed by atoms with Crippen LogP contribution in [-0.4, -0.2) is 37.9 Å². The van der Waals surface area contributed by atoms with Crippen LogP contribution >= 0.6 is 0 Å². The molecule has 0 saturated carbocycles. The van der Waals surface area contributed by atoms with Gasteiger partial charge in [0, 0.05) is 12.1 Å². The van der Waals surface area contributed by atoms with Crippen LogP contribution in [0.25, 0.3) is 0 Å².